The van der Waals surface area contributed by atoms with E-state index in [9.17, 15) is 4.79 Å². The predicted octanol–water partition coefficient (Wildman–Crippen LogP) is 1.86. The van der Waals surface area contributed by atoms with Gasteiger partial charge in [0.1, 0.15) is 17.0 Å². The predicted molar refractivity (Wildman–Crippen MR) is 96.1 cm³/mol. The monoisotopic (exact) mass is 345 g/mol. The zero-order valence-corrected chi connectivity index (χ0v) is 14.5. The number of amides is 1. The molecule has 4 heterocycles. The summed E-state index contributed by atoms with van der Waals surface area (Å²) in [7, 11) is 0. The highest BCUT2D eigenvalue weighted by atomic mass is 32.1. The number of nitrogens with zero attached hydrogens (tertiary/aromatic N) is 4. The molecule has 2 unspecified atom stereocenters. The minimum atomic E-state index is 0.0505. The van der Waals surface area contributed by atoms with Crippen molar-refractivity contribution in [2.45, 2.75) is 31.7 Å². The fraction of sp³-hybridized carbons (Fsp3) is 0.588. The molecule has 0 spiro atoms. The molecule has 1 amide bonds. The van der Waals surface area contributed by atoms with E-state index >= 15 is 0 Å². The number of aromatic nitrogens is 2. The highest BCUT2D eigenvalue weighted by Crippen LogP contribution is 2.31. The third-order valence-electron chi connectivity index (χ3n) is 5.24. The molecular weight excluding hydrogens is 322 g/mol. The molecule has 128 valence electrons. The first-order valence-electron chi connectivity index (χ1n) is 8.71. The van der Waals surface area contributed by atoms with Crippen LogP contribution in [0.5, 0.6) is 0 Å². The van der Waals surface area contributed by atoms with Crippen LogP contribution >= 0.6 is 11.3 Å². The molecule has 2 aliphatic rings. The van der Waals surface area contributed by atoms with Gasteiger partial charge in [0, 0.05) is 32.2 Å². The van der Waals surface area contributed by atoms with Crippen molar-refractivity contribution in [1.82, 2.24) is 14.9 Å². The van der Waals surface area contributed by atoms with E-state index in [0.717, 1.165) is 61.4 Å². The van der Waals surface area contributed by atoms with E-state index in [2.05, 4.69) is 20.9 Å². The average molecular weight is 345 g/mol. The topological polar surface area (TPSA) is 75.3 Å². The highest BCUT2D eigenvalue weighted by Gasteiger charge is 2.35. The van der Waals surface area contributed by atoms with Gasteiger partial charge in [-0.2, -0.15) is 0 Å². The number of carbonyl (C=O) groups is 1. The number of anilines is 1. The Balaban J connectivity index is 1.53. The molecule has 24 heavy (non-hydrogen) atoms. The Labute approximate surface area is 145 Å². The lowest BCUT2D eigenvalue weighted by Crippen LogP contribution is -2.48. The fourth-order valence-electron chi connectivity index (χ4n) is 4.01. The molecule has 7 heteroatoms. The molecular formula is C17H23N5OS. The molecule has 2 aromatic rings. The highest BCUT2D eigenvalue weighted by molar-refractivity contribution is 7.16. The summed E-state index contributed by atoms with van der Waals surface area (Å²) in [6, 6.07) is 2.31. The van der Waals surface area contributed by atoms with Crippen molar-refractivity contribution in [3.05, 3.63) is 17.8 Å². The molecule has 2 aliphatic heterocycles. The van der Waals surface area contributed by atoms with Gasteiger partial charge in [0.15, 0.2) is 0 Å². The van der Waals surface area contributed by atoms with E-state index in [1.54, 1.807) is 17.7 Å². The molecule has 2 atom stereocenters. The van der Waals surface area contributed by atoms with Gasteiger partial charge in [0.2, 0.25) is 5.91 Å². The lowest BCUT2D eigenvalue weighted by atomic mass is 9.96. The van der Waals surface area contributed by atoms with Crippen molar-refractivity contribution < 1.29 is 4.79 Å². The molecule has 2 aromatic heterocycles. The summed E-state index contributed by atoms with van der Waals surface area (Å²) in [4.78, 5) is 27.1. The van der Waals surface area contributed by atoms with Crippen molar-refractivity contribution in [3.63, 3.8) is 0 Å². The van der Waals surface area contributed by atoms with Gasteiger partial charge >= 0.3 is 0 Å². The lowest BCUT2D eigenvalue weighted by molar-refractivity contribution is -0.136. The third kappa shape index (κ3) is 2.75. The Bertz CT molecular complexity index is 733. The largest absolute Gasteiger partial charge is 0.355 e. The number of thiophene rings is 1. The first-order chi connectivity index (χ1) is 11.8. The number of nitrogens with two attached hydrogens (primary N) is 1. The van der Waals surface area contributed by atoms with Crippen LogP contribution in [0.2, 0.25) is 0 Å². The fourth-order valence-corrected chi connectivity index (χ4v) is 4.73. The van der Waals surface area contributed by atoms with E-state index in [1.807, 2.05) is 10.3 Å². The second kappa shape index (κ2) is 6.64. The molecule has 6 nitrogen and oxygen atoms in total. The Morgan fingerprint density at radius 1 is 1.29 bits per heavy atom. The smallest absolute Gasteiger partial charge is 0.227 e. The van der Waals surface area contributed by atoms with Crippen LogP contribution in [-0.4, -0.2) is 53.0 Å². The number of likely N-dealkylation sites (tertiary alicyclic amines) is 1. The minimum absolute atomic E-state index is 0.0505. The van der Waals surface area contributed by atoms with E-state index < -0.39 is 0 Å². The molecule has 2 N–H and O–H groups in total. The Morgan fingerprint density at radius 2 is 2.17 bits per heavy atom. The first-order valence-corrected chi connectivity index (χ1v) is 9.59. The molecule has 0 radical (unpaired) electrons. The maximum Gasteiger partial charge on any atom is 0.227 e. The van der Waals surface area contributed by atoms with E-state index in [0.29, 0.717) is 6.54 Å². The van der Waals surface area contributed by atoms with Gasteiger partial charge in [-0.25, -0.2) is 9.97 Å². The molecule has 2 fully saturated rings. The molecule has 0 aliphatic carbocycles. The van der Waals surface area contributed by atoms with Crippen molar-refractivity contribution in [2.75, 3.05) is 31.1 Å². The van der Waals surface area contributed by atoms with Crippen LogP contribution in [0.4, 0.5) is 5.82 Å². The number of piperidine rings is 1. The van der Waals surface area contributed by atoms with Crippen molar-refractivity contribution in [1.29, 1.82) is 0 Å². The van der Waals surface area contributed by atoms with Crippen LogP contribution in [0.15, 0.2) is 17.8 Å². The Morgan fingerprint density at radius 3 is 3.04 bits per heavy atom. The van der Waals surface area contributed by atoms with Gasteiger partial charge < -0.3 is 15.5 Å². The van der Waals surface area contributed by atoms with Crippen molar-refractivity contribution in [2.24, 2.45) is 11.7 Å². The summed E-state index contributed by atoms with van der Waals surface area (Å²) in [6.07, 6.45) is 5.73. The van der Waals surface area contributed by atoms with E-state index in [4.69, 9.17) is 5.73 Å². The van der Waals surface area contributed by atoms with Crippen molar-refractivity contribution >= 4 is 33.3 Å². The summed E-state index contributed by atoms with van der Waals surface area (Å²) in [5.74, 6) is 1.30. The average Bonchev–Trinajstić information content (AvgIpc) is 3.29. The number of hydrogen-bond donors (Lipinski definition) is 1. The van der Waals surface area contributed by atoms with Crippen LogP contribution in [0.1, 0.15) is 25.7 Å². The molecule has 4 rings (SSSR count). The second-order valence-corrected chi connectivity index (χ2v) is 7.58. The van der Waals surface area contributed by atoms with Gasteiger partial charge in [-0.3, -0.25) is 4.79 Å². The van der Waals surface area contributed by atoms with Gasteiger partial charge in [0.05, 0.1) is 11.3 Å². The van der Waals surface area contributed by atoms with E-state index in [1.165, 1.54) is 0 Å². The number of carbonyl (C=O) groups excluding carboxylic acids is 1. The van der Waals surface area contributed by atoms with E-state index in [-0.39, 0.29) is 17.9 Å². The van der Waals surface area contributed by atoms with Gasteiger partial charge in [-0.1, -0.05) is 0 Å². The van der Waals surface area contributed by atoms with Crippen LogP contribution in [0.25, 0.3) is 10.2 Å². The van der Waals surface area contributed by atoms with Gasteiger partial charge in [-0.05, 0) is 37.1 Å². The summed E-state index contributed by atoms with van der Waals surface area (Å²) < 4.78 is 0. The SMILES string of the molecule is NCC1CCCN1C(=O)C1CCCN(c2ncnc3sccc23)C1. The minimum Gasteiger partial charge on any atom is -0.355 e. The Kier molecular flexibility index (Phi) is 4.37. The summed E-state index contributed by atoms with van der Waals surface area (Å²) >= 11 is 1.63. The number of rotatable bonds is 3. The number of hydrogen-bond acceptors (Lipinski definition) is 6. The lowest BCUT2D eigenvalue weighted by Gasteiger charge is -2.36. The Hall–Kier alpha value is -1.73. The van der Waals surface area contributed by atoms with Crippen LogP contribution in [0, 0.1) is 5.92 Å². The maximum atomic E-state index is 13.0. The second-order valence-electron chi connectivity index (χ2n) is 6.69. The quantitative estimate of drug-likeness (QED) is 0.919. The molecule has 0 saturated carbocycles. The van der Waals surface area contributed by atoms with Crippen LogP contribution in [-0.2, 0) is 4.79 Å². The maximum absolute atomic E-state index is 13.0. The number of fused-ring (bicyclic) bond motifs is 1. The standard InChI is InChI=1S/C17H23N5OS/c18-9-13-4-2-7-22(13)17(23)12-3-1-6-21(10-12)15-14-5-8-24-16(14)20-11-19-15/h5,8,11-13H,1-4,6-7,9-10,18H2. The van der Waals surface area contributed by atoms with Gasteiger partial charge in [0.25, 0.3) is 0 Å². The van der Waals surface area contributed by atoms with Crippen molar-refractivity contribution in [3.8, 4) is 0 Å². The summed E-state index contributed by atoms with van der Waals surface area (Å²) in [5, 5.41) is 3.14. The summed E-state index contributed by atoms with van der Waals surface area (Å²) in [6.45, 7) is 3.13. The normalized spacial score (nSPS) is 24.7. The van der Waals surface area contributed by atoms with Crippen LogP contribution in [0.3, 0.4) is 0 Å². The van der Waals surface area contributed by atoms with Gasteiger partial charge in [-0.15, -0.1) is 11.3 Å². The molecule has 0 bridgehead atoms. The third-order valence-corrected chi connectivity index (χ3v) is 6.06. The molecule has 0 aromatic carbocycles. The van der Waals surface area contributed by atoms with Crippen LogP contribution < -0.4 is 10.6 Å². The zero-order valence-electron chi connectivity index (χ0n) is 13.7. The molecule has 2 saturated heterocycles. The zero-order chi connectivity index (χ0) is 16.5. The first kappa shape index (κ1) is 15.8. The summed E-state index contributed by atoms with van der Waals surface area (Å²) in [5.41, 5.74) is 5.84.